The van der Waals surface area contributed by atoms with E-state index < -0.39 is 0 Å². The van der Waals surface area contributed by atoms with Crippen LogP contribution in [0.5, 0.6) is 0 Å². The highest BCUT2D eigenvalue weighted by atomic mass is 15.3. The summed E-state index contributed by atoms with van der Waals surface area (Å²) >= 11 is 0. The second-order valence-electron chi connectivity index (χ2n) is 4.26. The summed E-state index contributed by atoms with van der Waals surface area (Å²) in [4.78, 5) is 2.32. The monoisotopic (exact) mass is 244 g/mol. The van der Waals surface area contributed by atoms with Gasteiger partial charge in [0, 0.05) is 12.1 Å². The quantitative estimate of drug-likeness (QED) is 0.878. The fraction of sp³-hybridized carbons (Fsp3) is 0.357. The Bertz CT molecular complexity index is 486. The Labute approximate surface area is 108 Å². The molecule has 2 aromatic rings. The van der Waals surface area contributed by atoms with Crippen molar-refractivity contribution in [1.29, 1.82) is 0 Å². The SMILES string of the molecule is CCN(CC)Cc1cnn(-c2ccccc2)c1N. The first kappa shape index (κ1) is 12.6. The van der Waals surface area contributed by atoms with Crippen molar-refractivity contribution >= 4 is 5.82 Å². The maximum Gasteiger partial charge on any atom is 0.131 e. The zero-order chi connectivity index (χ0) is 13.0. The molecule has 0 bridgehead atoms. The highest BCUT2D eigenvalue weighted by molar-refractivity contribution is 5.46. The first-order valence-corrected chi connectivity index (χ1v) is 6.36. The van der Waals surface area contributed by atoms with Gasteiger partial charge in [0.1, 0.15) is 5.82 Å². The summed E-state index contributed by atoms with van der Waals surface area (Å²) in [5.41, 5.74) is 8.25. The summed E-state index contributed by atoms with van der Waals surface area (Å²) in [5.74, 6) is 0.730. The van der Waals surface area contributed by atoms with E-state index in [2.05, 4.69) is 23.8 Å². The van der Waals surface area contributed by atoms with E-state index in [-0.39, 0.29) is 0 Å². The summed E-state index contributed by atoms with van der Waals surface area (Å²) in [7, 11) is 0. The van der Waals surface area contributed by atoms with Gasteiger partial charge in [-0.2, -0.15) is 5.10 Å². The van der Waals surface area contributed by atoms with Crippen molar-refractivity contribution in [1.82, 2.24) is 14.7 Å². The standard InChI is InChI=1S/C14H20N4/c1-3-17(4-2)11-12-10-16-18(14(12)15)13-8-6-5-7-9-13/h5-10H,3-4,11,15H2,1-2H3. The van der Waals surface area contributed by atoms with Crippen LogP contribution in [0.2, 0.25) is 0 Å². The van der Waals surface area contributed by atoms with Gasteiger partial charge in [-0.1, -0.05) is 32.0 Å². The molecule has 0 fully saturated rings. The molecular formula is C14H20N4. The van der Waals surface area contributed by atoms with Crippen LogP contribution in [0, 0.1) is 0 Å². The van der Waals surface area contributed by atoms with Gasteiger partial charge in [-0.05, 0) is 25.2 Å². The van der Waals surface area contributed by atoms with E-state index >= 15 is 0 Å². The third-order valence-electron chi connectivity index (χ3n) is 3.18. The van der Waals surface area contributed by atoms with Crippen LogP contribution in [-0.4, -0.2) is 27.8 Å². The summed E-state index contributed by atoms with van der Waals surface area (Å²) in [5, 5.41) is 4.37. The molecule has 0 saturated carbocycles. The minimum absolute atomic E-state index is 0.730. The molecule has 1 aromatic carbocycles. The van der Waals surface area contributed by atoms with Crippen LogP contribution in [0.25, 0.3) is 5.69 Å². The Morgan fingerprint density at radius 2 is 1.83 bits per heavy atom. The number of rotatable bonds is 5. The smallest absolute Gasteiger partial charge is 0.131 e. The van der Waals surface area contributed by atoms with E-state index in [1.807, 2.05) is 36.5 Å². The molecule has 1 heterocycles. The number of aromatic nitrogens is 2. The van der Waals surface area contributed by atoms with Crippen molar-refractivity contribution < 1.29 is 0 Å². The number of benzene rings is 1. The van der Waals surface area contributed by atoms with E-state index in [0.717, 1.165) is 36.7 Å². The van der Waals surface area contributed by atoms with Crippen LogP contribution in [-0.2, 0) is 6.54 Å². The number of nitrogens with two attached hydrogens (primary N) is 1. The van der Waals surface area contributed by atoms with Crippen LogP contribution in [0.1, 0.15) is 19.4 Å². The maximum atomic E-state index is 6.17. The molecule has 96 valence electrons. The molecule has 0 unspecified atom stereocenters. The number of anilines is 1. The lowest BCUT2D eigenvalue weighted by Gasteiger charge is -2.17. The normalized spacial score (nSPS) is 11.1. The van der Waals surface area contributed by atoms with Gasteiger partial charge in [0.05, 0.1) is 11.9 Å². The molecule has 18 heavy (non-hydrogen) atoms. The topological polar surface area (TPSA) is 47.1 Å². The molecule has 4 heteroatoms. The molecule has 0 amide bonds. The van der Waals surface area contributed by atoms with Crippen LogP contribution in [0.15, 0.2) is 36.5 Å². The predicted octanol–water partition coefficient (Wildman–Crippen LogP) is 2.30. The van der Waals surface area contributed by atoms with E-state index in [4.69, 9.17) is 5.73 Å². The van der Waals surface area contributed by atoms with E-state index in [1.165, 1.54) is 0 Å². The van der Waals surface area contributed by atoms with Gasteiger partial charge in [0.15, 0.2) is 0 Å². The van der Waals surface area contributed by atoms with Crippen molar-refractivity contribution in [2.24, 2.45) is 0 Å². The largest absolute Gasteiger partial charge is 0.383 e. The molecule has 0 atom stereocenters. The lowest BCUT2D eigenvalue weighted by Crippen LogP contribution is -2.22. The Hall–Kier alpha value is -1.81. The highest BCUT2D eigenvalue weighted by Crippen LogP contribution is 2.18. The van der Waals surface area contributed by atoms with Crippen LogP contribution >= 0.6 is 0 Å². The van der Waals surface area contributed by atoms with Gasteiger partial charge < -0.3 is 5.73 Å². The third-order valence-corrected chi connectivity index (χ3v) is 3.18. The Balaban J connectivity index is 2.24. The molecule has 1 aromatic heterocycles. The minimum atomic E-state index is 0.730. The second kappa shape index (κ2) is 5.69. The molecule has 2 rings (SSSR count). The van der Waals surface area contributed by atoms with Crippen molar-refractivity contribution in [3.05, 3.63) is 42.1 Å². The molecule has 4 nitrogen and oxygen atoms in total. The molecule has 0 aliphatic heterocycles. The first-order chi connectivity index (χ1) is 8.76. The van der Waals surface area contributed by atoms with Crippen LogP contribution in [0.3, 0.4) is 0 Å². The molecule has 0 aliphatic rings. The second-order valence-corrected chi connectivity index (χ2v) is 4.26. The molecule has 0 saturated heterocycles. The lowest BCUT2D eigenvalue weighted by molar-refractivity contribution is 0.296. The Morgan fingerprint density at radius 1 is 1.17 bits per heavy atom. The molecule has 0 radical (unpaired) electrons. The first-order valence-electron chi connectivity index (χ1n) is 6.36. The van der Waals surface area contributed by atoms with Gasteiger partial charge in [0.25, 0.3) is 0 Å². The van der Waals surface area contributed by atoms with Crippen molar-refractivity contribution in [3.8, 4) is 5.69 Å². The predicted molar refractivity (Wildman–Crippen MR) is 74.6 cm³/mol. The number of nitrogen functional groups attached to an aromatic ring is 1. The van der Waals surface area contributed by atoms with Gasteiger partial charge >= 0.3 is 0 Å². The highest BCUT2D eigenvalue weighted by Gasteiger charge is 2.11. The van der Waals surface area contributed by atoms with Crippen LogP contribution < -0.4 is 5.73 Å². The average molecular weight is 244 g/mol. The third kappa shape index (κ3) is 2.54. The lowest BCUT2D eigenvalue weighted by atomic mass is 10.3. The van der Waals surface area contributed by atoms with E-state index in [0.29, 0.717) is 0 Å². The van der Waals surface area contributed by atoms with Gasteiger partial charge in [-0.3, -0.25) is 4.90 Å². The fourth-order valence-electron chi connectivity index (χ4n) is 1.98. The average Bonchev–Trinajstić information content (AvgIpc) is 2.78. The van der Waals surface area contributed by atoms with Gasteiger partial charge in [-0.25, -0.2) is 4.68 Å². The minimum Gasteiger partial charge on any atom is -0.383 e. The summed E-state index contributed by atoms with van der Waals surface area (Å²) < 4.78 is 1.79. The number of para-hydroxylation sites is 1. The van der Waals surface area contributed by atoms with Gasteiger partial charge in [0.2, 0.25) is 0 Å². The van der Waals surface area contributed by atoms with E-state index in [9.17, 15) is 0 Å². The summed E-state index contributed by atoms with van der Waals surface area (Å²) in [6, 6.07) is 9.97. The number of hydrogen-bond donors (Lipinski definition) is 1. The zero-order valence-corrected chi connectivity index (χ0v) is 11.0. The number of nitrogens with zero attached hydrogens (tertiary/aromatic N) is 3. The molecule has 2 N–H and O–H groups in total. The van der Waals surface area contributed by atoms with E-state index in [1.54, 1.807) is 4.68 Å². The molecule has 0 aliphatic carbocycles. The van der Waals surface area contributed by atoms with Crippen molar-refractivity contribution in [3.63, 3.8) is 0 Å². The zero-order valence-electron chi connectivity index (χ0n) is 11.0. The number of hydrogen-bond acceptors (Lipinski definition) is 3. The fourth-order valence-corrected chi connectivity index (χ4v) is 1.98. The Kier molecular flexibility index (Phi) is 3.99. The summed E-state index contributed by atoms with van der Waals surface area (Å²) in [6.45, 7) is 7.20. The molecular weight excluding hydrogens is 224 g/mol. The van der Waals surface area contributed by atoms with Gasteiger partial charge in [-0.15, -0.1) is 0 Å². The summed E-state index contributed by atoms with van der Waals surface area (Å²) in [6.07, 6.45) is 1.86. The Morgan fingerprint density at radius 3 is 2.44 bits per heavy atom. The molecule has 0 spiro atoms. The van der Waals surface area contributed by atoms with Crippen molar-refractivity contribution in [2.45, 2.75) is 20.4 Å². The van der Waals surface area contributed by atoms with Crippen LogP contribution in [0.4, 0.5) is 5.82 Å². The van der Waals surface area contributed by atoms with Crippen molar-refractivity contribution in [2.75, 3.05) is 18.8 Å². The maximum absolute atomic E-state index is 6.17.